The molecule has 2 saturated carbocycles. The van der Waals surface area contributed by atoms with E-state index in [4.69, 9.17) is 9.47 Å². The van der Waals surface area contributed by atoms with Gasteiger partial charge in [-0.15, -0.1) is 0 Å². The number of carbonyl (C=O) groups excluding carboxylic acids is 2. The topological polar surface area (TPSA) is 93.1 Å². The molecule has 0 aromatic rings. The van der Waals surface area contributed by atoms with Gasteiger partial charge in [-0.1, -0.05) is 50.5 Å². The Balaban J connectivity index is 1.59. The van der Waals surface area contributed by atoms with Gasteiger partial charge in [-0.3, -0.25) is 9.59 Å². The van der Waals surface area contributed by atoms with Crippen molar-refractivity contribution in [3.63, 3.8) is 0 Å². The molecule has 0 aromatic carbocycles. The number of ketones is 2. The van der Waals surface area contributed by atoms with Crippen molar-refractivity contribution in [2.24, 2.45) is 22.7 Å². The van der Waals surface area contributed by atoms with Crippen LogP contribution in [0.3, 0.4) is 0 Å². The minimum atomic E-state index is -1.29. The predicted octanol–water partition coefficient (Wildman–Crippen LogP) is 2.64. The molecule has 0 unspecified atom stereocenters. The number of rotatable bonds is 4. The maximum atomic E-state index is 13.2. The van der Waals surface area contributed by atoms with Crippen LogP contribution < -0.4 is 0 Å². The summed E-state index contributed by atoms with van der Waals surface area (Å²) in [5.41, 5.74) is -0.240. The van der Waals surface area contributed by atoms with Gasteiger partial charge in [-0.05, 0) is 43.8 Å². The van der Waals surface area contributed by atoms with E-state index < -0.39 is 41.5 Å². The van der Waals surface area contributed by atoms with Crippen molar-refractivity contribution in [1.29, 1.82) is 0 Å². The van der Waals surface area contributed by atoms with Crippen LogP contribution in [0.5, 0.6) is 0 Å². The second-order valence-electron chi connectivity index (χ2n) is 10.3. The van der Waals surface area contributed by atoms with Gasteiger partial charge in [0.25, 0.3) is 0 Å². The van der Waals surface area contributed by atoms with Gasteiger partial charge in [-0.25, -0.2) is 0 Å². The summed E-state index contributed by atoms with van der Waals surface area (Å²) in [7, 11) is 0. The van der Waals surface area contributed by atoms with Gasteiger partial charge in [0, 0.05) is 16.7 Å². The fourth-order valence-corrected chi connectivity index (χ4v) is 7.41. The van der Waals surface area contributed by atoms with Crippen molar-refractivity contribution in [3.8, 4) is 0 Å². The molecule has 2 N–H and O–H groups in total. The molecule has 4 aliphatic carbocycles. The molecule has 8 atom stereocenters. The molecular formula is C25H32O6. The lowest BCUT2D eigenvalue weighted by Crippen LogP contribution is -2.62. The van der Waals surface area contributed by atoms with Crippen LogP contribution in [0.4, 0.5) is 0 Å². The molecule has 1 saturated heterocycles. The summed E-state index contributed by atoms with van der Waals surface area (Å²) in [6, 6.07) is 0. The molecule has 0 aromatic heterocycles. The van der Waals surface area contributed by atoms with Crippen LogP contribution in [0.25, 0.3) is 0 Å². The zero-order valence-electron chi connectivity index (χ0n) is 18.5. The first kappa shape index (κ1) is 21.3. The average molecular weight is 429 g/mol. The summed E-state index contributed by atoms with van der Waals surface area (Å²) in [6.07, 6.45) is 9.13. The van der Waals surface area contributed by atoms with Crippen LogP contribution in [0.15, 0.2) is 35.5 Å². The summed E-state index contributed by atoms with van der Waals surface area (Å²) in [6.45, 7) is 5.53. The number of Topliss-reactive ketones (excluding diaryl/α,β-unsaturated/α-hetero) is 1. The molecular weight excluding hydrogens is 396 g/mol. The highest BCUT2D eigenvalue weighted by Gasteiger charge is 2.72. The molecule has 0 radical (unpaired) electrons. The number of aliphatic hydroxyl groups is 2. The summed E-state index contributed by atoms with van der Waals surface area (Å²) in [4.78, 5) is 25.2. The number of aliphatic hydroxyl groups excluding tert-OH is 2. The number of hydrogen-bond acceptors (Lipinski definition) is 6. The highest BCUT2D eigenvalue weighted by Crippen LogP contribution is 2.67. The van der Waals surface area contributed by atoms with Crippen LogP contribution in [0.2, 0.25) is 0 Å². The average Bonchev–Trinajstić information content (AvgIpc) is 3.20. The summed E-state index contributed by atoms with van der Waals surface area (Å²) < 4.78 is 12.5. The van der Waals surface area contributed by atoms with E-state index in [2.05, 4.69) is 13.0 Å². The Labute approximate surface area is 183 Å². The minimum absolute atomic E-state index is 0.00642. The highest BCUT2D eigenvalue weighted by molar-refractivity contribution is 6.01. The fourth-order valence-electron chi connectivity index (χ4n) is 7.41. The monoisotopic (exact) mass is 428 g/mol. The molecule has 1 aliphatic heterocycles. The third-order valence-corrected chi connectivity index (χ3v) is 8.77. The Morgan fingerprint density at radius 3 is 2.81 bits per heavy atom. The molecule has 6 nitrogen and oxygen atoms in total. The molecule has 0 amide bonds. The van der Waals surface area contributed by atoms with Crippen LogP contribution in [-0.2, 0) is 19.1 Å². The predicted molar refractivity (Wildman–Crippen MR) is 113 cm³/mol. The largest absolute Gasteiger partial charge is 0.393 e. The standard InChI is InChI=1S/C25H32O6/c1-4-5-21-30-20-11-17-16-7-6-14-10-15(27)8-9-23(14,2)22(16)18(28)12-24(17,3)25(20,31-21)19(29)13-26/h8-11,16,18,20-22,26,28H,4-7,12-13H2,1-3H3/t16-,18-,20-,21+,22-,23-,24-,25-/m0/s1. The van der Waals surface area contributed by atoms with Crippen molar-refractivity contribution in [2.45, 2.75) is 77.0 Å². The first-order valence-corrected chi connectivity index (χ1v) is 11.5. The smallest absolute Gasteiger partial charge is 0.193 e. The normalized spacial score (nSPS) is 47.8. The second-order valence-corrected chi connectivity index (χ2v) is 10.3. The van der Waals surface area contributed by atoms with Gasteiger partial charge in [0.2, 0.25) is 0 Å². The van der Waals surface area contributed by atoms with Gasteiger partial charge in [0.1, 0.15) is 12.7 Å². The van der Waals surface area contributed by atoms with E-state index in [0.29, 0.717) is 12.8 Å². The highest BCUT2D eigenvalue weighted by atomic mass is 16.7. The van der Waals surface area contributed by atoms with Gasteiger partial charge in [-0.2, -0.15) is 0 Å². The van der Waals surface area contributed by atoms with E-state index >= 15 is 0 Å². The number of fused-ring (bicyclic) bond motifs is 7. The number of ether oxygens (including phenoxy) is 2. The van der Waals surface area contributed by atoms with Gasteiger partial charge < -0.3 is 19.7 Å². The van der Waals surface area contributed by atoms with Crippen LogP contribution in [0, 0.1) is 22.7 Å². The summed E-state index contributed by atoms with van der Waals surface area (Å²) in [5, 5.41) is 21.4. The zero-order valence-corrected chi connectivity index (χ0v) is 18.5. The van der Waals surface area contributed by atoms with Gasteiger partial charge >= 0.3 is 0 Å². The molecule has 5 aliphatic rings. The molecule has 31 heavy (non-hydrogen) atoms. The Kier molecular flexibility index (Phi) is 4.76. The quantitative estimate of drug-likeness (QED) is 0.669. The van der Waals surface area contributed by atoms with E-state index in [-0.39, 0.29) is 23.4 Å². The van der Waals surface area contributed by atoms with E-state index in [1.165, 1.54) is 0 Å². The molecule has 5 rings (SSSR count). The first-order valence-electron chi connectivity index (χ1n) is 11.5. The third kappa shape index (κ3) is 2.59. The number of allylic oxidation sites excluding steroid dienone is 4. The molecule has 6 heteroatoms. The Morgan fingerprint density at radius 2 is 2.10 bits per heavy atom. The molecule has 168 valence electrons. The maximum absolute atomic E-state index is 13.2. The van der Waals surface area contributed by atoms with Crippen molar-refractivity contribution in [2.75, 3.05) is 6.61 Å². The van der Waals surface area contributed by atoms with Crippen molar-refractivity contribution < 1.29 is 29.3 Å². The Hall–Kier alpha value is -1.60. The van der Waals surface area contributed by atoms with Gasteiger partial charge in [0.05, 0.1) is 6.10 Å². The Morgan fingerprint density at radius 1 is 1.32 bits per heavy atom. The van der Waals surface area contributed by atoms with Gasteiger partial charge in [0.15, 0.2) is 23.5 Å². The third-order valence-electron chi connectivity index (χ3n) is 8.77. The van der Waals surface area contributed by atoms with E-state index in [1.807, 2.05) is 19.9 Å². The van der Waals surface area contributed by atoms with Crippen molar-refractivity contribution in [1.82, 2.24) is 0 Å². The Bertz CT molecular complexity index is 917. The lowest BCUT2D eigenvalue weighted by molar-refractivity contribution is -0.175. The second kappa shape index (κ2) is 6.95. The molecule has 3 fully saturated rings. The minimum Gasteiger partial charge on any atom is -0.393 e. The molecule has 1 heterocycles. The summed E-state index contributed by atoms with van der Waals surface area (Å²) in [5.74, 6) is -0.393. The van der Waals surface area contributed by atoms with E-state index in [0.717, 1.165) is 30.4 Å². The molecule has 0 bridgehead atoms. The van der Waals surface area contributed by atoms with Crippen LogP contribution in [0.1, 0.15) is 52.9 Å². The maximum Gasteiger partial charge on any atom is 0.193 e. The lowest BCUT2D eigenvalue weighted by atomic mass is 9.47. The van der Waals surface area contributed by atoms with Crippen LogP contribution >= 0.6 is 0 Å². The number of hydrogen-bond donors (Lipinski definition) is 2. The van der Waals surface area contributed by atoms with Crippen molar-refractivity contribution >= 4 is 11.6 Å². The molecule has 0 spiro atoms. The van der Waals surface area contributed by atoms with Crippen LogP contribution in [-0.4, -0.2) is 52.5 Å². The van der Waals surface area contributed by atoms with E-state index in [1.54, 1.807) is 12.2 Å². The van der Waals surface area contributed by atoms with E-state index in [9.17, 15) is 19.8 Å². The first-order chi connectivity index (χ1) is 14.7. The zero-order chi connectivity index (χ0) is 22.2. The lowest BCUT2D eigenvalue weighted by Gasteiger charge is -2.58. The summed E-state index contributed by atoms with van der Waals surface area (Å²) >= 11 is 0. The van der Waals surface area contributed by atoms with Crippen molar-refractivity contribution in [3.05, 3.63) is 35.5 Å². The number of carbonyl (C=O) groups is 2. The fraction of sp³-hybridized carbons (Fsp3) is 0.680. The SMILES string of the molecule is CCC[C@@H]1O[C@H]2C=C3[C@@H]4CCC5=CC(=O)C=C[C@]5(C)[C@@H]4[C@@H](O)C[C@]3(C)[C@@]2(C(=O)CO)O1.